The SMILES string of the molecule is C=C1[C@@H]2CC[C@H]3[C@]4(C)[C@@H](O)CC[C@@](C)(C(=O)OC)[C@H]4C[C@H](O)[C@]3(C2)[C@H]1O. The summed E-state index contributed by atoms with van der Waals surface area (Å²) < 4.78 is 5.13. The van der Waals surface area contributed by atoms with Crippen molar-refractivity contribution in [3.8, 4) is 0 Å². The molecule has 5 nitrogen and oxygen atoms in total. The third-order valence-electron chi connectivity index (χ3n) is 9.09. The maximum atomic E-state index is 12.7. The topological polar surface area (TPSA) is 87.0 Å². The van der Waals surface area contributed by atoms with Gasteiger partial charge in [-0.25, -0.2) is 0 Å². The highest BCUT2D eigenvalue weighted by Crippen LogP contribution is 2.72. The van der Waals surface area contributed by atoms with E-state index in [1.165, 1.54) is 7.11 Å². The molecule has 4 aliphatic carbocycles. The van der Waals surface area contributed by atoms with E-state index in [4.69, 9.17) is 4.74 Å². The fourth-order valence-electron chi connectivity index (χ4n) is 7.69. The zero-order valence-electron chi connectivity index (χ0n) is 16.1. The first-order chi connectivity index (χ1) is 12.1. The molecule has 146 valence electrons. The smallest absolute Gasteiger partial charge is 0.311 e. The average molecular weight is 364 g/mol. The Hall–Kier alpha value is -0.910. The quantitative estimate of drug-likeness (QED) is 0.490. The highest BCUT2D eigenvalue weighted by atomic mass is 16.5. The Kier molecular flexibility index (Phi) is 3.94. The van der Waals surface area contributed by atoms with Crippen LogP contribution in [0.15, 0.2) is 12.2 Å². The summed E-state index contributed by atoms with van der Waals surface area (Å²) in [5.41, 5.74) is -1.05. The van der Waals surface area contributed by atoms with Crippen molar-refractivity contribution in [3.63, 3.8) is 0 Å². The van der Waals surface area contributed by atoms with E-state index in [9.17, 15) is 20.1 Å². The monoisotopic (exact) mass is 364 g/mol. The molecule has 9 atom stereocenters. The molecule has 4 rings (SSSR count). The molecular weight excluding hydrogens is 332 g/mol. The molecule has 26 heavy (non-hydrogen) atoms. The van der Waals surface area contributed by atoms with E-state index < -0.39 is 34.6 Å². The largest absolute Gasteiger partial charge is 0.469 e. The molecule has 2 bridgehead atoms. The number of methoxy groups -OCH3 is 1. The molecule has 0 unspecified atom stereocenters. The minimum atomic E-state index is -0.730. The van der Waals surface area contributed by atoms with Crippen molar-refractivity contribution in [2.45, 2.75) is 70.7 Å². The van der Waals surface area contributed by atoms with Gasteiger partial charge in [-0.2, -0.15) is 0 Å². The standard InChI is InChI=1S/C21H32O5/c1-11-12-5-6-13-20(3)14(9-16(23)21(13,10-12)17(11)24)19(2,18(25)26-4)8-7-15(20)22/h12-17,22-24H,1,5-10H2,2-4H3/t12-,13+,14-,15+,16+,17+,19-,20+,21-/m1/s1. The van der Waals surface area contributed by atoms with Crippen LogP contribution in [0.25, 0.3) is 0 Å². The molecule has 0 aromatic rings. The van der Waals surface area contributed by atoms with Crippen LogP contribution in [0.2, 0.25) is 0 Å². The third kappa shape index (κ3) is 1.90. The molecule has 0 aliphatic heterocycles. The fourth-order valence-corrected chi connectivity index (χ4v) is 7.69. The number of esters is 1. The van der Waals surface area contributed by atoms with E-state index in [0.717, 1.165) is 24.8 Å². The van der Waals surface area contributed by atoms with E-state index in [1.54, 1.807) is 0 Å². The maximum absolute atomic E-state index is 12.7. The number of fused-ring (bicyclic) bond motifs is 3. The molecule has 0 amide bonds. The predicted octanol–water partition coefficient (Wildman–Crippen LogP) is 2.04. The average Bonchev–Trinajstić information content (AvgIpc) is 2.82. The number of aliphatic hydroxyl groups excluding tert-OH is 3. The van der Waals surface area contributed by atoms with Crippen molar-refractivity contribution in [1.29, 1.82) is 0 Å². The predicted molar refractivity (Wildman–Crippen MR) is 96.0 cm³/mol. The molecule has 0 aromatic carbocycles. The second-order valence-corrected chi connectivity index (χ2v) is 9.75. The van der Waals surface area contributed by atoms with Gasteiger partial charge in [-0.3, -0.25) is 4.79 Å². The van der Waals surface area contributed by atoms with Crippen molar-refractivity contribution in [2.75, 3.05) is 7.11 Å². The molecule has 4 aliphatic rings. The van der Waals surface area contributed by atoms with Crippen LogP contribution in [0, 0.1) is 34.0 Å². The lowest BCUT2D eigenvalue weighted by Crippen LogP contribution is -2.68. The molecule has 0 radical (unpaired) electrons. The van der Waals surface area contributed by atoms with Crippen molar-refractivity contribution < 1.29 is 24.9 Å². The number of carbonyl (C=O) groups excluding carboxylic acids is 1. The van der Waals surface area contributed by atoms with Gasteiger partial charge < -0.3 is 20.1 Å². The molecule has 4 saturated carbocycles. The normalized spacial score (nSPS) is 55.8. The van der Waals surface area contributed by atoms with Crippen molar-refractivity contribution in [2.24, 2.45) is 34.0 Å². The molecular formula is C21H32O5. The van der Waals surface area contributed by atoms with Crippen LogP contribution in [0.3, 0.4) is 0 Å². The molecule has 0 heterocycles. The van der Waals surface area contributed by atoms with E-state index in [2.05, 4.69) is 13.5 Å². The Bertz CT molecular complexity index is 646. The molecule has 0 aromatic heterocycles. The molecule has 4 fully saturated rings. The Morgan fingerprint density at radius 1 is 1.12 bits per heavy atom. The number of rotatable bonds is 1. The first-order valence-electron chi connectivity index (χ1n) is 9.95. The number of aliphatic hydroxyl groups is 3. The van der Waals surface area contributed by atoms with Gasteiger partial charge in [-0.05, 0) is 68.8 Å². The molecule has 3 N–H and O–H groups in total. The van der Waals surface area contributed by atoms with Gasteiger partial charge in [0.05, 0.1) is 30.8 Å². The minimum Gasteiger partial charge on any atom is -0.469 e. The first-order valence-corrected chi connectivity index (χ1v) is 9.95. The van der Waals surface area contributed by atoms with E-state index in [-0.39, 0.29) is 23.7 Å². The highest BCUT2D eigenvalue weighted by Gasteiger charge is 2.72. The lowest BCUT2D eigenvalue weighted by Gasteiger charge is -2.66. The van der Waals surface area contributed by atoms with Crippen LogP contribution in [0.5, 0.6) is 0 Å². The zero-order valence-corrected chi connectivity index (χ0v) is 16.1. The number of ether oxygens (including phenoxy) is 1. The third-order valence-corrected chi connectivity index (χ3v) is 9.09. The van der Waals surface area contributed by atoms with Crippen LogP contribution in [0.4, 0.5) is 0 Å². The van der Waals surface area contributed by atoms with E-state index in [1.807, 2.05) is 6.92 Å². The van der Waals surface area contributed by atoms with Crippen LogP contribution in [0.1, 0.15) is 52.4 Å². The molecule has 0 saturated heterocycles. The summed E-state index contributed by atoms with van der Waals surface area (Å²) in [6.07, 6.45) is 2.06. The first kappa shape index (κ1) is 18.5. The van der Waals surface area contributed by atoms with Crippen molar-refractivity contribution in [1.82, 2.24) is 0 Å². The Balaban J connectivity index is 1.85. The van der Waals surface area contributed by atoms with Gasteiger partial charge in [0.15, 0.2) is 0 Å². The zero-order chi connectivity index (χ0) is 19.1. The maximum Gasteiger partial charge on any atom is 0.311 e. The summed E-state index contributed by atoms with van der Waals surface area (Å²) in [6.45, 7) is 8.12. The number of carbonyl (C=O) groups is 1. The minimum absolute atomic E-state index is 0.0338. The van der Waals surface area contributed by atoms with Gasteiger partial charge in [-0.15, -0.1) is 0 Å². The number of hydrogen-bond donors (Lipinski definition) is 3. The lowest BCUT2D eigenvalue weighted by atomic mass is 9.39. The second-order valence-electron chi connectivity index (χ2n) is 9.75. The summed E-state index contributed by atoms with van der Waals surface area (Å²) in [5, 5.41) is 33.4. The molecule has 5 heteroatoms. The Labute approximate surface area is 155 Å². The Morgan fingerprint density at radius 3 is 2.46 bits per heavy atom. The van der Waals surface area contributed by atoms with Gasteiger partial charge in [0.1, 0.15) is 0 Å². The van der Waals surface area contributed by atoms with E-state index >= 15 is 0 Å². The van der Waals surface area contributed by atoms with Crippen LogP contribution < -0.4 is 0 Å². The summed E-state index contributed by atoms with van der Waals surface area (Å²) in [4.78, 5) is 12.7. The van der Waals surface area contributed by atoms with Crippen LogP contribution in [-0.2, 0) is 9.53 Å². The summed E-state index contributed by atoms with van der Waals surface area (Å²) in [6, 6.07) is 0. The van der Waals surface area contributed by atoms with Gasteiger partial charge >= 0.3 is 5.97 Å². The highest BCUT2D eigenvalue weighted by molar-refractivity contribution is 5.77. The Morgan fingerprint density at radius 2 is 1.81 bits per heavy atom. The molecule has 1 spiro atoms. The van der Waals surface area contributed by atoms with Crippen LogP contribution in [-0.4, -0.2) is 46.7 Å². The fraction of sp³-hybridized carbons (Fsp3) is 0.857. The van der Waals surface area contributed by atoms with Gasteiger partial charge in [-0.1, -0.05) is 13.5 Å². The van der Waals surface area contributed by atoms with Crippen molar-refractivity contribution in [3.05, 3.63) is 12.2 Å². The van der Waals surface area contributed by atoms with Crippen LogP contribution >= 0.6 is 0 Å². The van der Waals surface area contributed by atoms with E-state index in [0.29, 0.717) is 19.3 Å². The second kappa shape index (κ2) is 5.55. The lowest BCUT2D eigenvalue weighted by molar-refractivity contribution is -0.253. The van der Waals surface area contributed by atoms with Gasteiger partial charge in [0.25, 0.3) is 0 Å². The number of hydrogen-bond acceptors (Lipinski definition) is 5. The van der Waals surface area contributed by atoms with Crippen molar-refractivity contribution >= 4 is 5.97 Å². The van der Waals surface area contributed by atoms with Gasteiger partial charge in [0, 0.05) is 10.8 Å². The summed E-state index contributed by atoms with van der Waals surface area (Å²) in [7, 11) is 1.41. The summed E-state index contributed by atoms with van der Waals surface area (Å²) >= 11 is 0. The van der Waals surface area contributed by atoms with Gasteiger partial charge in [0.2, 0.25) is 0 Å². The summed E-state index contributed by atoms with van der Waals surface area (Å²) in [5.74, 6) is -0.208.